The van der Waals surface area contributed by atoms with Crippen LogP contribution in [0.15, 0.2) is 54.6 Å². The molecule has 8 nitrogen and oxygen atoms in total. The lowest BCUT2D eigenvalue weighted by molar-refractivity contribution is -0.140. The van der Waals surface area contributed by atoms with Crippen molar-refractivity contribution in [2.75, 3.05) is 18.1 Å². The molecule has 2 aromatic carbocycles. The molecule has 0 unspecified atom stereocenters. The number of aryl methyl sites for hydroxylation is 1. The number of amides is 4. The molecule has 2 saturated heterocycles. The third-order valence-electron chi connectivity index (χ3n) is 6.71. The van der Waals surface area contributed by atoms with Gasteiger partial charge in [-0.3, -0.25) is 14.5 Å². The number of hydrogen-bond acceptors (Lipinski definition) is 5. The van der Waals surface area contributed by atoms with Crippen LogP contribution in [0, 0.1) is 6.92 Å². The first kappa shape index (κ1) is 23.9. The number of nitrogens with zero attached hydrogens (tertiary/aromatic N) is 2. The third-order valence-corrected chi connectivity index (χ3v) is 8.46. The van der Waals surface area contributed by atoms with Crippen molar-refractivity contribution in [2.24, 2.45) is 0 Å². The summed E-state index contributed by atoms with van der Waals surface area (Å²) < 4.78 is 24.2. The van der Waals surface area contributed by atoms with E-state index in [1.165, 1.54) is 4.90 Å². The molecule has 4 amide bonds. The minimum atomic E-state index is -3.23. The van der Waals surface area contributed by atoms with Crippen molar-refractivity contribution < 1.29 is 22.8 Å². The first-order valence-electron chi connectivity index (χ1n) is 11.4. The molecule has 0 aromatic heterocycles. The summed E-state index contributed by atoms with van der Waals surface area (Å²) in [5, 5.41) is 2.80. The molecule has 0 saturated carbocycles. The Bertz CT molecular complexity index is 1200. The van der Waals surface area contributed by atoms with E-state index in [9.17, 15) is 22.8 Å². The maximum absolute atomic E-state index is 13.5. The van der Waals surface area contributed by atoms with Gasteiger partial charge >= 0.3 is 6.03 Å². The van der Waals surface area contributed by atoms with E-state index in [4.69, 9.17) is 0 Å². The van der Waals surface area contributed by atoms with Crippen LogP contribution < -0.4 is 5.32 Å². The zero-order valence-electron chi connectivity index (χ0n) is 19.4. The highest BCUT2D eigenvalue weighted by Crippen LogP contribution is 2.33. The molecule has 180 valence electrons. The molecule has 2 atom stereocenters. The fourth-order valence-electron chi connectivity index (χ4n) is 4.70. The summed E-state index contributed by atoms with van der Waals surface area (Å²) in [6, 6.07) is 15.5. The fourth-order valence-corrected chi connectivity index (χ4v) is 6.43. The zero-order valence-corrected chi connectivity index (χ0v) is 20.2. The summed E-state index contributed by atoms with van der Waals surface area (Å²) in [7, 11) is -3.23. The molecule has 0 bridgehead atoms. The smallest absolute Gasteiger partial charge is 0.325 e. The average molecular weight is 484 g/mol. The van der Waals surface area contributed by atoms with Crippen molar-refractivity contribution >= 4 is 27.7 Å². The van der Waals surface area contributed by atoms with Gasteiger partial charge in [0.15, 0.2) is 9.84 Å². The number of carbonyl (C=O) groups excluding carboxylic acids is 3. The lowest BCUT2D eigenvalue weighted by atomic mass is 9.86. The Hall–Kier alpha value is -3.20. The van der Waals surface area contributed by atoms with Gasteiger partial charge in [0.1, 0.15) is 12.1 Å². The fraction of sp³-hybridized carbons (Fsp3) is 0.400. The largest absolute Gasteiger partial charge is 0.333 e. The van der Waals surface area contributed by atoms with Crippen LogP contribution in [0.2, 0.25) is 0 Å². The first-order valence-corrected chi connectivity index (χ1v) is 13.2. The molecule has 2 aliphatic heterocycles. The number of imide groups is 1. The van der Waals surface area contributed by atoms with Crippen LogP contribution in [-0.4, -0.2) is 60.2 Å². The molecule has 0 spiro atoms. The van der Waals surface area contributed by atoms with E-state index in [2.05, 4.69) is 5.32 Å². The van der Waals surface area contributed by atoms with Crippen LogP contribution in [0.1, 0.15) is 36.5 Å². The Morgan fingerprint density at radius 3 is 2.38 bits per heavy atom. The lowest BCUT2D eigenvalue weighted by Gasteiger charge is -2.30. The minimum absolute atomic E-state index is 0.0196. The van der Waals surface area contributed by atoms with E-state index in [-0.39, 0.29) is 18.1 Å². The molecule has 9 heteroatoms. The summed E-state index contributed by atoms with van der Waals surface area (Å²) >= 11 is 0. The van der Waals surface area contributed by atoms with Gasteiger partial charge in [-0.1, -0.05) is 67.1 Å². The van der Waals surface area contributed by atoms with Gasteiger partial charge in [0.25, 0.3) is 5.91 Å². The van der Waals surface area contributed by atoms with E-state index in [0.29, 0.717) is 18.4 Å². The Balaban J connectivity index is 1.58. The summed E-state index contributed by atoms with van der Waals surface area (Å²) in [6.45, 7) is 3.52. The number of sulfone groups is 1. The number of carbonyl (C=O) groups is 3. The van der Waals surface area contributed by atoms with Gasteiger partial charge in [0.05, 0.1) is 11.5 Å². The normalized spacial score (nSPS) is 23.7. The molecule has 34 heavy (non-hydrogen) atoms. The number of nitrogens with one attached hydrogen (secondary N) is 1. The SMILES string of the molecule is CC[C@@]1(c2ccc(C)cc2)NC(=O)N(CC(=O)N(Cc2ccccc2)[C@@H]2CCS(=O)(=O)C2)C1=O. The topological polar surface area (TPSA) is 104 Å². The van der Waals surface area contributed by atoms with Crippen LogP contribution in [0.5, 0.6) is 0 Å². The third kappa shape index (κ3) is 4.57. The van der Waals surface area contributed by atoms with E-state index in [1.807, 2.05) is 68.4 Å². The molecule has 2 aromatic rings. The molecule has 2 fully saturated rings. The second-order valence-corrected chi connectivity index (χ2v) is 11.2. The van der Waals surface area contributed by atoms with Crippen molar-refractivity contribution in [3.8, 4) is 0 Å². The highest BCUT2D eigenvalue weighted by molar-refractivity contribution is 7.91. The van der Waals surface area contributed by atoms with Crippen molar-refractivity contribution in [1.29, 1.82) is 0 Å². The standard InChI is InChI=1S/C25H29N3O5S/c1-3-25(20-11-9-18(2)10-12-20)23(30)28(24(31)26-25)16-22(29)27(15-19-7-5-4-6-8-19)21-13-14-34(32,33)17-21/h4-12,21H,3,13-17H2,1-2H3,(H,26,31)/t21-,25+/m1/s1. The molecule has 2 heterocycles. The monoisotopic (exact) mass is 483 g/mol. The average Bonchev–Trinajstić information content (AvgIpc) is 3.30. The van der Waals surface area contributed by atoms with Gasteiger partial charge in [-0.2, -0.15) is 0 Å². The van der Waals surface area contributed by atoms with Gasteiger partial charge < -0.3 is 10.2 Å². The van der Waals surface area contributed by atoms with Gasteiger partial charge in [-0.05, 0) is 30.9 Å². The Labute approximate surface area is 199 Å². The summed E-state index contributed by atoms with van der Waals surface area (Å²) in [5.74, 6) is -1.03. The number of rotatable bonds is 7. The minimum Gasteiger partial charge on any atom is -0.333 e. The van der Waals surface area contributed by atoms with E-state index >= 15 is 0 Å². The number of urea groups is 1. The predicted molar refractivity (Wildman–Crippen MR) is 127 cm³/mol. The molecule has 1 N–H and O–H groups in total. The first-order chi connectivity index (χ1) is 16.1. The summed E-state index contributed by atoms with van der Waals surface area (Å²) in [6.07, 6.45) is 0.670. The zero-order chi connectivity index (χ0) is 24.5. The predicted octanol–water partition coefficient (Wildman–Crippen LogP) is 2.37. The van der Waals surface area contributed by atoms with E-state index in [0.717, 1.165) is 16.0 Å². The van der Waals surface area contributed by atoms with Crippen LogP contribution in [0.4, 0.5) is 4.79 Å². The van der Waals surface area contributed by atoms with E-state index < -0.39 is 45.8 Å². The molecular weight excluding hydrogens is 454 g/mol. The second kappa shape index (κ2) is 9.21. The quantitative estimate of drug-likeness (QED) is 0.609. The van der Waals surface area contributed by atoms with Crippen LogP contribution in [0.3, 0.4) is 0 Å². The van der Waals surface area contributed by atoms with E-state index in [1.54, 1.807) is 0 Å². The highest BCUT2D eigenvalue weighted by Gasteiger charge is 2.52. The number of hydrogen-bond donors (Lipinski definition) is 1. The molecule has 0 radical (unpaired) electrons. The maximum Gasteiger partial charge on any atom is 0.325 e. The van der Waals surface area contributed by atoms with Crippen molar-refractivity contribution in [3.63, 3.8) is 0 Å². The Morgan fingerprint density at radius 2 is 1.79 bits per heavy atom. The molecule has 0 aliphatic carbocycles. The van der Waals surface area contributed by atoms with Crippen LogP contribution in [-0.2, 0) is 31.5 Å². The maximum atomic E-state index is 13.5. The van der Waals surface area contributed by atoms with Crippen LogP contribution in [0.25, 0.3) is 0 Å². The van der Waals surface area contributed by atoms with Gasteiger partial charge in [0, 0.05) is 12.6 Å². The van der Waals surface area contributed by atoms with Gasteiger partial charge in [0.2, 0.25) is 5.91 Å². The van der Waals surface area contributed by atoms with Gasteiger partial charge in [-0.15, -0.1) is 0 Å². The lowest BCUT2D eigenvalue weighted by Crippen LogP contribution is -2.48. The highest BCUT2D eigenvalue weighted by atomic mass is 32.2. The molecule has 2 aliphatic rings. The molecular formula is C25H29N3O5S. The van der Waals surface area contributed by atoms with Crippen molar-refractivity contribution in [2.45, 2.75) is 44.8 Å². The second-order valence-electron chi connectivity index (χ2n) is 9.01. The summed E-state index contributed by atoms with van der Waals surface area (Å²) in [5.41, 5.74) is 1.31. The Morgan fingerprint density at radius 1 is 1.12 bits per heavy atom. The number of benzene rings is 2. The van der Waals surface area contributed by atoms with Crippen LogP contribution >= 0.6 is 0 Å². The van der Waals surface area contributed by atoms with Crippen molar-refractivity contribution in [3.05, 3.63) is 71.3 Å². The summed E-state index contributed by atoms with van der Waals surface area (Å²) in [4.78, 5) is 42.2. The van der Waals surface area contributed by atoms with Gasteiger partial charge in [-0.25, -0.2) is 13.2 Å². The Kier molecular flexibility index (Phi) is 6.49. The van der Waals surface area contributed by atoms with Crippen molar-refractivity contribution in [1.82, 2.24) is 15.1 Å². The molecule has 4 rings (SSSR count).